The van der Waals surface area contributed by atoms with Gasteiger partial charge in [0.05, 0.1) is 52.2 Å². The van der Waals surface area contributed by atoms with E-state index in [0.717, 1.165) is 35.7 Å². The molecule has 8 heteroatoms. The molecular formula is C26H31N3O5. The van der Waals surface area contributed by atoms with Crippen molar-refractivity contribution in [2.75, 3.05) is 51.5 Å². The van der Waals surface area contributed by atoms with Gasteiger partial charge in [0.1, 0.15) is 5.75 Å². The van der Waals surface area contributed by atoms with Crippen molar-refractivity contribution in [2.45, 2.75) is 19.8 Å². The molecule has 1 fully saturated rings. The number of anilines is 1. The Kier molecular flexibility index (Phi) is 7.80. The summed E-state index contributed by atoms with van der Waals surface area (Å²) in [5.74, 6) is 0.486. The topological polar surface area (TPSA) is 80.7 Å². The van der Waals surface area contributed by atoms with Crippen LogP contribution in [0.5, 0.6) is 5.75 Å². The molecule has 0 N–H and O–H groups in total. The quantitative estimate of drug-likeness (QED) is 0.462. The monoisotopic (exact) mass is 465 g/mol. The summed E-state index contributed by atoms with van der Waals surface area (Å²) in [6.07, 6.45) is 2.82. The SMILES string of the molecule is CCOC(=O)CC1COc2ccc(C(=O)N(C)c3ccc(C=NN4CCOCC4)cc3)cc2C1. The van der Waals surface area contributed by atoms with Crippen molar-refractivity contribution in [1.82, 2.24) is 5.01 Å². The lowest BCUT2D eigenvalue weighted by Gasteiger charge is -2.25. The lowest BCUT2D eigenvalue weighted by Crippen LogP contribution is -2.32. The number of nitrogens with zero attached hydrogens (tertiary/aromatic N) is 3. The molecule has 1 atom stereocenters. The number of carbonyl (C=O) groups is 2. The van der Waals surface area contributed by atoms with Crippen molar-refractivity contribution < 1.29 is 23.8 Å². The summed E-state index contributed by atoms with van der Waals surface area (Å²) in [7, 11) is 1.76. The lowest BCUT2D eigenvalue weighted by atomic mass is 9.93. The highest BCUT2D eigenvalue weighted by atomic mass is 16.5. The standard InChI is InChI=1S/C26H31N3O5/c1-3-33-25(30)15-20-14-22-16-21(6-9-24(22)34-18-20)26(31)28(2)23-7-4-19(5-8-23)17-27-29-10-12-32-13-11-29/h4-9,16-17,20H,3,10-15,18H2,1-2H3. The molecule has 34 heavy (non-hydrogen) atoms. The normalized spacial score (nSPS) is 17.7. The van der Waals surface area contributed by atoms with Crippen molar-refractivity contribution in [3.8, 4) is 5.75 Å². The van der Waals surface area contributed by atoms with Crippen molar-refractivity contribution in [1.29, 1.82) is 0 Å². The summed E-state index contributed by atoms with van der Waals surface area (Å²) in [5, 5.41) is 6.48. The van der Waals surface area contributed by atoms with E-state index in [9.17, 15) is 9.59 Å². The Balaban J connectivity index is 1.39. The van der Waals surface area contributed by atoms with Crippen LogP contribution in [0.25, 0.3) is 0 Å². The maximum absolute atomic E-state index is 13.2. The predicted molar refractivity (Wildman–Crippen MR) is 130 cm³/mol. The number of carbonyl (C=O) groups excluding carboxylic acids is 2. The van der Waals surface area contributed by atoms with Crippen LogP contribution in [0.1, 0.15) is 34.8 Å². The van der Waals surface area contributed by atoms with Gasteiger partial charge in [0.15, 0.2) is 0 Å². The molecule has 0 saturated carbocycles. The van der Waals surface area contributed by atoms with Gasteiger partial charge in [-0.1, -0.05) is 12.1 Å². The summed E-state index contributed by atoms with van der Waals surface area (Å²) in [4.78, 5) is 26.6. The molecule has 1 saturated heterocycles. The molecular weight excluding hydrogens is 434 g/mol. The van der Waals surface area contributed by atoms with E-state index >= 15 is 0 Å². The summed E-state index contributed by atoms with van der Waals surface area (Å²) < 4.78 is 16.2. The summed E-state index contributed by atoms with van der Waals surface area (Å²) in [5.41, 5.74) is 3.28. The molecule has 2 aromatic rings. The Labute approximate surface area is 200 Å². The highest BCUT2D eigenvalue weighted by molar-refractivity contribution is 6.06. The van der Waals surface area contributed by atoms with Gasteiger partial charge in [-0.2, -0.15) is 5.10 Å². The van der Waals surface area contributed by atoms with E-state index in [1.165, 1.54) is 0 Å². The number of hydrazone groups is 1. The second-order valence-corrected chi connectivity index (χ2v) is 8.48. The Morgan fingerprint density at radius 1 is 1.18 bits per heavy atom. The molecule has 2 aliphatic rings. The first-order valence-electron chi connectivity index (χ1n) is 11.7. The first-order chi connectivity index (χ1) is 16.5. The molecule has 1 amide bonds. The van der Waals surface area contributed by atoms with Crippen LogP contribution in [0.4, 0.5) is 5.69 Å². The van der Waals surface area contributed by atoms with E-state index in [-0.39, 0.29) is 17.8 Å². The third-order valence-corrected chi connectivity index (χ3v) is 5.99. The molecule has 2 aliphatic heterocycles. The van der Waals surface area contributed by atoms with Crippen molar-refractivity contribution in [3.63, 3.8) is 0 Å². The summed E-state index contributed by atoms with van der Waals surface area (Å²) >= 11 is 0. The second-order valence-electron chi connectivity index (χ2n) is 8.48. The molecule has 0 aromatic heterocycles. The van der Waals surface area contributed by atoms with Crippen LogP contribution in [0.2, 0.25) is 0 Å². The molecule has 0 radical (unpaired) electrons. The molecule has 0 aliphatic carbocycles. The van der Waals surface area contributed by atoms with E-state index in [2.05, 4.69) is 5.10 Å². The molecule has 4 rings (SSSR count). The molecule has 0 bridgehead atoms. The predicted octanol–water partition coefficient (Wildman–Crippen LogP) is 3.13. The minimum absolute atomic E-state index is 0.0429. The first-order valence-corrected chi connectivity index (χ1v) is 11.7. The highest BCUT2D eigenvalue weighted by Crippen LogP contribution is 2.30. The number of benzene rings is 2. The average molecular weight is 466 g/mol. The maximum atomic E-state index is 13.2. The zero-order valence-electron chi connectivity index (χ0n) is 19.7. The van der Waals surface area contributed by atoms with Crippen molar-refractivity contribution >= 4 is 23.8 Å². The number of morpholine rings is 1. The number of esters is 1. The fraction of sp³-hybridized carbons (Fsp3) is 0.423. The first kappa shape index (κ1) is 23.8. The van der Waals surface area contributed by atoms with Gasteiger partial charge in [0.25, 0.3) is 5.91 Å². The van der Waals surface area contributed by atoms with Gasteiger partial charge in [-0.3, -0.25) is 14.6 Å². The fourth-order valence-corrected chi connectivity index (χ4v) is 4.09. The molecule has 2 aromatic carbocycles. The van der Waals surface area contributed by atoms with Gasteiger partial charge < -0.3 is 19.1 Å². The van der Waals surface area contributed by atoms with Gasteiger partial charge in [-0.15, -0.1) is 0 Å². The Morgan fingerprint density at radius 3 is 2.68 bits per heavy atom. The molecule has 2 heterocycles. The van der Waals surface area contributed by atoms with Gasteiger partial charge in [-0.25, -0.2) is 0 Å². The van der Waals surface area contributed by atoms with Crippen molar-refractivity contribution in [2.24, 2.45) is 11.0 Å². The average Bonchev–Trinajstić information content (AvgIpc) is 2.87. The van der Waals surface area contributed by atoms with E-state index in [0.29, 0.717) is 44.8 Å². The number of hydrogen-bond acceptors (Lipinski definition) is 7. The zero-order chi connectivity index (χ0) is 23.9. The minimum Gasteiger partial charge on any atom is -0.493 e. The minimum atomic E-state index is -0.218. The van der Waals surface area contributed by atoms with Gasteiger partial charge in [-0.05, 0) is 54.8 Å². The zero-order valence-corrected chi connectivity index (χ0v) is 19.7. The van der Waals surface area contributed by atoms with Crippen LogP contribution in [-0.2, 0) is 20.7 Å². The van der Waals surface area contributed by atoms with E-state index in [1.807, 2.05) is 47.6 Å². The second kappa shape index (κ2) is 11.2. The number of amides is 1. The maximum Gasteiger partial charge on any atom is 0.306 e. The third-order valence-electron chi connectivity index (χ3n) is 5.99. The van der Waals surface area contributed by atoms with E-state index < -0.39 is 0 Å². The third kappa shape index (κ3) is 5.94. The van der Waals surface area contributed by atoms with Crippen molar-refractivity contribution in [3.05, 3.63) is 59.2 Å². The Bertz CT molecular complexity index is 1030. The van der Waals surface area contributed by atoms with Crippen LogP contribution >= 0.6 is 0 Å². The van der Waals surface area contributed by atoms with E-state index in [1.54, 1.807) is 24.9 Å². The molecule has 180 valence electrons. The van der Waals surface area contributed by atoms with Gasteiger partial charge >= 0.3 is 5.97 Å². The number of hydrogen-bond donors (Lipinski definition) is 0. The summed E-state index contributed by atoms with van der Waals surface area (Å²) in [6, 6.07) is 13.2. The Morgan fingerprint density at radius 2 is 1.94 bits per heavy atom. The van der Waals surface area contributed by atoms with Crippen LogP contribution in [0.15, 0.2) is 47.6 Å². The van der Waals surface area contributed by atoms with Crippen LogP contribution in [0.3, 0.4) is 0 Å². The van der Waals surface area contributed by atoms with Gasteiger partial charge in [0, 0.05) is 24.2 Å². The number of fused-ring (bicyclic) bond motifs is 1. The number of rotatable bonds is 7. The van der Waals surface area contributed by atoms with Crippen LogP contribution in [0, 0.1) is 5.92 Å². The van der Waals surface area contributed by atoms with Gasteiger partial charge in [0.2, 0.25) is 0 Å². The largest absolute Gasteiger partial charge is 0.493 e. The van der Waals surface area contributed by atoms with E-state index in [4.69, 9.17) is 14.2 Å². The van der Waals surface area contributed by atoms with Crippen LogP contribution in [-0.4, -0.2) is 69.7 Å². The highest BCUT2D eigenvalue weighted by Gasteiger charge is 2.24. The summed E-state index contributed by atoms with van der Waals surface area (Å²) in [6.45, 7) is 5.62. The fourth-order valence-electron chi connectivity index (χ4n) is 4.09. The van der Waals surface area contributed by atoms with Crippen LogP contribution < -0.4 is 9.64 Å². The Hall–Kier alpha value is -3.39. The molecule has 8 nitrogen and oxygen atoms in total. The lowest BCUT2D eigenvalue weighted by molar-refractivity contribution is -0.144. The number of ether oxygens (including phenoxy) is 3. The smallest absolute Gasteiger partial charge is 0.306 e. The molecule has 1 unspecified atom stereocenters. The molecule has 0 spiro atoms.